The average molecular weight is 592 g/mol. The van der Waals surface area contributed by atoms with Gasteiger partial charge in [-0.25, -0.2) is 8.42 Å². The smallest absolute Gasteiger partial charge is 0.416 e. The molecule has 2 aromatic rings. The van der Waals surface area contributed by atoms with Crippen molar-refractivity contribution in [2.45, 2.75) is 58.4 Å². The summed E-state index contributed by atoms with van der Waals surface area (Å²) in [5, 5.41) is 2.54. The van der Waals surface area contributed by atoms with Gasteiger partial charge in [0.15, 0.2) is 0 Å². The largest absolute Gasteiger partial charge is 0.497 e. The molecule has 2 amide bonds. The molecule has 0 heterocycles. The summed E-state index contributed by atoms with van der Waals surface area (Å²) in [4.78, 5) is 28.1. The third-order valence-corrected chi connectivity index (χ3v) is 7.06. The summed E-state index contributed by atoms with van der Waals surface area (Å²) in [5.74, 6) is -0.702. The summed E-state index contributed by atoms with van der Waals surface area (Å²) in [6.07, 6.45) is -3.83. The van der Waals surface area contributed by atoms with Crippen LogP contribution < -0.4 is 14.4 Å². The van der Waals surface area contributed by atoms with Crippen LogP contribution in [0.1, 0.15) is 45.2 Å². The molecule has 0 aliphatic rings. The van der Waals surface area contributed by atoms with E-state index in [0.29, 0.717) is 27.8 Å². The quantitative estimate of drug-likeness (QED) is 0.426. The second kappa shape index (κ2) is 12.5. The fourth-order valence-electron chi connectivity index (χ4n) is 3.77. The predicted molar refractivity (Wildman–Crippen MR) is 144 cm³/mol. The van der Waals surface area contributed by atoms with Crippen LogP contribution in [0.2, 0.25) is 5.02 Å². The van der Waals surface area contributed by atoms with Crippen LogP contribution in [-0.2, 0) is 32.3 Å². The van der Waals surface area contributed by atoms with E-state index >= 15 is 0 Å². The lowest BCUT2D eigenvalue weighted by atomic mass is 10.1. The summed E-state index contributed by atoms with van der Waals surface area (Å²) in [6, 6.07) is 7.92. The summed E-state index contributed by atoms with van der Waals surface area (Å²) in [5.41, 5.74) is -1.63. The number of benzene rings is 2. The van der Waals surface area contributed by atoms with Gasteiger partial charge in [-0.3, -0.25) is 13.9 Å². The summed E-state index contributed by atoms with van der Waals surface area (Å²) >= 11 is 6.11. The molecule has 0 fully saturated rings. The maximum absolute atomic E-state index is 13.7. The number of hydrogen-bond donors (Lipinski definition) is 1. The molecule has 0 bridgehead atoms. The van der Waals surface area contributed by atoms with Gasteiger partial charge in [0, 0.05) is 12.1 Å². The molecule has 1 atom stereocenters. The lowest BCUT2D eigenvalue weighted by Gasteiger charge is -2.34. The summed E-state index contributed by atoms with van der Waals surface area (Å²) < 4.78 is 71.3. The van der Waals surface area contributed by atoms with E-state index in [1.807, 2.05) is 0 Å². The Bertz CT molecular complexity index is 1280. The fraction of sp³-hybridized carbons (Fsp3) is 0.462. The van der Waals surface area contributed by atoms with Gasteiger partial charge in [-0.1, -0.05) is 30.7 Å². The highest BCUT2D eigenvalue weighted by Gasteiger charge is 2.35. The van der Waals surface area contributed by atoms with Crippen LogP contribution in [0, 0.1) is 0 Å². The lowest BCUT2D eigenvalue weighted by molar-refractivity contribution is -0.141. The van der Waals surface area contributed by atoms with E-state index in [1.165, 1.54) is 12.0 Å². The number of methoxy groups -OCH3 is 1. The number of nitrogens with zero attached hydrogens (tertiary/aromatic N) is 2. The maximum Gasteiger partial charge on any atom is 0.416 e. The minimum atomic E-state index is -4.77. The third kappa shape index (κ3) is 9.03. The molecular formula is C26H33ClF3N3O5S. The number of sulfonamides is 1. The Morgan fingerprint density at radius 1 is 1.08 bits per heavy atom. The van der Waals surface area contributed by atoms with E-state index in [4.69, 9.17) is 16.3 Å². The molecule has 0 aliphatic heterocycles. The van der Waals surface area contributed by atoms with Gasteiger partial charge in [0.25, 0.3) is 0 Å². The zero-order chi connectivity index (χ0) is 29.8. The van der Waals surface area contributed by atoms with Crippen LogP contribution in [-0.4, -0.2) is 56.6 Å². The first-order valence-electron chi connectivity index (χ1n) is 12.0. The Morgan fingerprint density at radius 3 is 2.13 bits per heavy atom. The Balaban J connectivity index is 2.56. The fourth-order valence-corrected chi connectivity index (χ4v) is 4.90. The third-order valence-electron chi connectivity index (χ3n) is 5.62. The van der Waals surface area contributed by atoms with Crippen molar-refractivity contribution in [2.24, 2.45) is 0 Å². The van der Waals surface area contributed by atoms with Crippen molar-refractivity contribution >= 4 is 39.1 Å². The number of amides is 2. The molecule has 0 saturated heterocycles. The maximum atomic E-state index is 13.7. The Morgan fingerprint density at radius 2 is 1.67 bits per heavy atom. The van der Waals surface area contributed by atoms with Gasteiger partial charge < -0.3 is 15.0 Å². The molecule has 0 saturated carbocycles. The van der Waals surface area contributed by atoms with Gasteiger partial charge in [0.1, 0.15) is 18.3 Å². The van der Waals surface area contributed by atoms with Crippen LogP contribution in [0.25, 0.3) is 0 Å². The van der Waals surface area contributed by atoms with E-state index in [1.54, 1.807) is 52.0 Å². The van der Waals surface area contributed by atoms with Crippen molar-refractivity contribution in [3.8, 4) is 5.75 Å². The van der Waals surface area contributed by atoms with Crippen LogP contribution in [0.4, 0.5) is 18.9 Å². The molecular weight excluding hydrogens is 559 g/mol. The minimum Gasteiger partial charge on any atom is -0.497 e. The molecule has 2 aromatic carbocycles. The van der Waals surface area contributed by atoms with Gasteiger partial charge in [-0.05, 0) is 63.1 Å². The summed E-state index contributed by atoms with van der Waals surface area (Å²) in [7, 11) is -2.78. The van der Waals surface area contributed by atoms with Crippen molar-refractivity contribution in [3.05, 3.63) is 58.6 Å². The van der Waals surface area contributed by atoms with Crippen LogP contribution >= 0.6 is 11.6 Å². The highest BCUT2D eigenvalue weighted by Crippen LogP contribution is 2.36. The average Bonchev–Trinajstić information content (AvgIpc) is 2.80. The molecule has 39 heavy (non-hydrogen) atoms. The molecule has 0 radical (unpaired) electrons. The second-order valence-electron chi connectivity index (χ2n) is 9.97. The van der Waals surface area contributed by atoms with Gasteiger partial charge in [-0.2, -0.15) is 13.2 Å². The van der Waals surface area contributed by atoms with Crippen molar-refractivity contribution in [1.82, 2.24) is 10.2 Å². The van der Waals surface area contributed by atoms with E-state index in [-0.39, 0.29) is 18.0 Å². The van der Waals surface area contributed by atoms with Crippen LogP contribution in [0.5, 0.6) is 5.75 Å². The number of carbonyl (C=O) groups is 2. The van der Waals surface area contributed by atoms with Crippen molar-refractivity contribution < 1.29 is 35.9 Å². The zero-order valence-corrected chi connectivity index (χ0v) is 24.2. The normalized spacial score (nSPS) is 13.0. The van der Waals surface area contributed by atoms with Crippen molar-refractivity contribution in [2.75, 3.05) is 24.2 Å². The Kier molecular flexibility index (Phi) is 10.3. The van der Waals surface area contributed by atoms with Gasteiger partial charge in [-0.15, -0.1) is 0 Å². The second-order valence-corrected chi connectivity index (χ2v) is 12.3. The molecule has 1 unspecified atom stereocenters. The number of alkyl halides is 3. The number of carbonyl (C=O) groups excluding carboxylic acids is 2. The predicted octanol–water partition coefficient (Wildman–Crippen LogP) is 4.86. The lowest BCUT2D eigenvalue weighted by Crippen LogP contribution is -2.55. The first kappa shape index (κ1) is 32.2. The van der Waals surface area contributed by atoms with Crippen LogP contribution in [0.3, 0.4) is 0 Å². The topological polar surface area (TPSA) is 96.0 Å². The van der Waals surface area contributed by atoms with E-state index in [9.17, 15) is 31.2 Å². The minimum absolute atomic E-state index is 0.0766. The number of anilines is 1. The SMILES string of the molecule is CCC(C(=O)NC(C)(C)C)N(Cc1ccc(OC)cc1)C(=O)CN(c1cc(C(F)(F)F)ccc1Cl)S(C)(=O)=O. The van der Waals surface area contributed by atoms with Crippen molar-refractivity contribution in [1.29, 1.82) is 0 Å². The number of ether oxygens (including phenoxy) is 1. The highest BCUT2D eigenvalue weighted by atomic mass is 35.5. The first-order valence-corrected chi connectivity index (χ1v) is 14.2. The molecule has 13 heteroatoms. The molecule has 2 rings (SSSR count). The van der Waals surface area contributed by atoms with Gasteiger partial charge in [0.05, 0.1) is 29.6 Å². The highest BCUT2D eigenvalue weighted by molar-refractivity contribution is 7.92. The van der Waals surface area contributed by atoms with Crippen molar-refractivity contribution in [3.63, 3.8) is 0 Å². The Hall–Kier alpha value is -2.99. The molecule has 1 N–H and O–H groups in total. The van der Waals surface area contributed by atoms with E-state index < -0.39 is 57.4 Å². The molecule has 0 aliphatic carbocycles. The van der Waals surface area contributed by atoms with Gasteiger partial charge >= 0.3 is 6.18 Å². The number of rotatable bonds is 10. The number of hydrogen-bond acceptors (Lipinski definition) is 5. The van der Waals surface area contributed by atoms with E-state index in [0.717, 1.165) is 12.3 Å². The molecule has 216 valence electrons. The standard InChI is InChI=1S/C26H33ClF3N3O5S/c1-7-21(24(35)31-25(2,3)4)32(15-17-8-11-19(38-5)12-9-17)23(34)16-33(39(6,36)37)22-14-18(26(28,29)30)10-13-20(22)27/h8-14,21H,7,15-16H2,1-6H3,(H,31,35). The Labute approximate surface area is 232 Å². The number of nitrogens with one attached hydrogen (secondary N) is 1. The molecule has 0 spiro atoms. The summed E-state index contributed by atoms with van der Waals surface area (Å²) in [6.45, 7) is 6.05. The zero-order valence-electron chi connectivity index (χ0n) is 22.6. The molecule has 0 aromatic heterocycles. The monoisotopic (exact) mass is 591 g/mol. The van der Waals surface area contributed by atoms with E-state index in [2.05, 4.69) is 5.32 Å². The van der Waals surface area contributed by atoms with Crippen LogP contribution in [0.15, 0.2) is 42.5 Å². The number of halogens is 4. The van der Waals surface area contributed by atoms with Gasteiger partial charge in [0.2, 0.25) is 21.8 Å². The first-order chi connectivity index (χ1) is 17.9. The molecule has 8 nitrogen and oxygen atoms in total.